The quantitative estimate of drug-likeness (QED) is 0.120. The molecule has 6 rings (SSSR count). The van der Waals surface area contributed by atoms with E-state index in [1.165, 1.54) is 69.4 Å². The molecule has 4 aromatic carbocycles. The van der Waals surface area contributed by atoms with Gasteiger partial charge in [0.15, 0.2) is 0 Å². The fraction of sp³-hybridized carbons (Fsp3) is 0.333. The Morgan fingerprint density at radius 3 is 1.12 bits per heavy atom. The molecule has 1 aliphatic heterocycles. The van der Waals surface area contributed by atoms with E-state index in [1.807, 2.05) is 0 Å². The molecule has 4 aromatic rings. The van der Waals surface area contributed by atoms with Gasteiger partial charge in [0.05, 0.1) is 50.9 Å². The van der Waals surface area contributed by atoms with Crippen LogP contribution in [0.4, 0.5) is 34.5 Å². The Balaban J connectivity index is 0.000000790. The summed E-state index contributed by atoms with van der Waals surface area (Å²) in [7, 11) is -13.8. The Hall–Kier alpha value is -3.27. The molecule has 1 fully saturated rings. The zero-order chi connectivity index (χ0) is 40.7. The van der Waals surface area contributed by atoms with Gasteiger partial charge in [0, 0.05) is 56.6 Å². The van der Waals surface area contributed by atoms with Gasteiger partial charge < -0.3 is 45.2 Å². The largest absolute Gasteiger partial charge is 4.00 e. The summed E-state index contributed by atoms with van der Waals surface area (Å²) < 4.78 is 78.0. The Bertz CT molecular complexity index is 1610. The van der Waals surface area contributed by atoms with Gasteiger partial charge in [-0.2, -0.15) is 10.5 Å². The van der Waals surface area contributed by atoms with Crippen LogP contribution in [-0.2, 0) is 30.2 Å². The molecule has 1 saturated carbocycles. The molecule has 4 nitrogen and oxygen atoms in total. The number of nitriles is 2. The molecule has 0 saturated heterocycles. The van der Waals surface area contributed by atoms with Crippen molar-refractivity contribution >= 4 is 51.6 Å². The smallest absolute Gasteiger partial charge is 0.418 e. The average molecular weight is 864 g/mol. The van der Waals surface area contributed by atoms with Crippen LogP contribution in [0, 0.1) is 22.7 Å². The van der Waals surface area contributed by atoms with E-state index in [0.717, 1.165) is 13.1 Å². The van der Waals surface area contributed by atoms with Gasteiger partial charge in [-0.25, -0.2) is 0 Å². The molecule has 2 aliphatic rings. The third kappa shape index (κ3) is 20.8. The first-order valence-corrected chi connectivity index (χ1v) is 21.4. The van der Waals surface area contributed by atoms with Crippen molar-refractivity contribution in [3.63, 3.8) is 0 Å². The summed E-state index contributed by atoms with van der Waals surface area (Å²) >= 11 is 0. The van der Waals surface area contributed by atoms with E-state index in [9.17, 15) is 34.5 Å². The summed E-state index contributed by atoms with van der Waals surface area (Å²) in [6.07, 6.45) is 9.00. The minimum atomic E-state index is -6.00. The Kier molecular flexibility index (Phi) is 24.8. The van der Waals surface area contributed by atoms with Crippen LogP contribution in [0.5, 0.6) is 0 Å². The molecule has 0 amide bonds. The predicted octanol–water partition coefficient (Wildman–Crippen LogP) is 9.27. The van der Waals surface area contributed by atoms with E-state index in [-0.39, 0.29) is 17.1 Å². The number of hydrogen-bond donors (Lipinski definition) is 2. The van der Waals surface area contributed by atoms with Crippen LogP contribution in [0.2, 0.25) is 0 Å². The minimum Gasteiger partial charge on any atom is -0.418 e. The van der Waals surface area contributed by atoms with Crippen molar-refractivity contribution in [3.8, 4) is 12.1 Å². The fourth-order valence-electron chi connectivity index (χ4n) is 6.63. The monoisotopic (exact) mass is 864 g/mol. The molecule has 0 spiro atoms. The van der Waals surface area contributed by atoms with Crippen LogP contribution in [0.15, 0.2) is 109 Å². The zero-order valence-corrected chi connectivity index (χ0v) is 34.4. The summed E-state index contributed by atoms with van der Waals surface area (Å²) in [4.78, 5) is 0. The summed E-state index contributed by atoms with van der Waals surface area (Å²) in [6, 6.07) is 46.0. The standard InChI is InChI=1S/C35H40N2P2.2C2H3N.2BF4.Fe/c1-3-16-30(17-4-1)38-24-13-25-39(31-18-5-2-6-19-31)35-23-12-8-15-29(35)27-37-33-21-10-9-20-32(33)36-26-28-14-7-11-22-34(28)38;2*1-2-3;2*2-1(3,4)5;/h1-8,11-12,14-19,22-23,32-33,36-37H,9-10,13,20-21,24-27H2;2*1H3;;;/q;;;2*-1;+4/p+2/t32-,33-,38?,39?;;;;;/m0...../s1. The molecule has 1 aliphatic carbocycles. The molecule has 4 atom stereocenters. The van der Waals surface area contributed by atoms with Crippen molar-refractivity contribution in [2.75, 3.05) is 12.3 Å². The van der Waals surface area contributed by atoms with Crippen LogP contribution < -0.4 is 31.9 Å². The van der Waals surface area contributed by atoms with Gasteiger partial charge in [-0.05, 0) is 49.2 Å². The molecule has 0 bridgehead atoms. The molecule has 17 heteroatoms. The molecule has 2 unspecified atom stereocenters. The van der Waals surface area contributed by atoms with Crippen LogP contribution in [0.25, 0.3) is 0 Å². The Morgan fingerprint density at radius 2 is 0.804 bits per heavy atom. The second-order valence-electron chi connectivity index (χ2n) is 12.6. The molecular formula is C39H48B2F8FeN4P2+4. The first kappa shape index (κ1) is 50.7. The second kappa shape index (κ2) is 27.4. The minimum absolute atomic E-state index is 0. The van der Waals surface area contributed by atoms with Gasteiger partial charge in [-0.3, -0.25) is 0 Å². The second-order valence-corrected chi connectivity index (χ2v) is 17.7. The first-order chi connectivity index (χ1) is 26.2. The van der Waals surface area contributed by atoms with Crippen LogP contribution >= 0.6 is 15.8 Å². The van der Waals surface area contributed by atoms with E-state index in [4.69, 9.17) is 10.5 Å². The average Bonchev–Trinajstić information content (AvgIpc) is 3.14. The van der Waals surface area contributed by atoms with Gasteiger partial charge in [-0.1, -0.05) is 85.6 Å². The first-order valence-electron chi connectivity index (χ1n) is 18.0. The Labute approximate surface area is 339 Å². The van der Waals surface area contributed by atoms with Crippen molar-refractivity contribution in [2.45, 2.75) is 71.1 Å². The van der Waals surface area contributed by atoms with E-state index in [2.05, 4.69) is 120 Å². The maximum Gasteiger partial charge on any atom is 4.00 e. The molecule has 0 aromatic heterocycles. The van der Waals surface area contributed by atoms with E-state index < -0.39 is 30.4 Å². The van der Waals surface area contributed by atoms with Gasteiger partial charge in [0.1, 0.15) is 10.6 Å². The van der Waals surface area contributed by atoms with Gasteiger partial charge in [0.2, 0.25) is 0 Å². The maximum absolute atomic E-state index is 9.75. The number of benzene rings is 4. The van der Waals surface area contributed by atoms with Gasteiger partial charge in [-0.15, -0.1) is 0 Å². The van der Waals surface area contributed by atoms with Gasteiger partial charge >= 0.3 is 31.6 Å². The normalized spacial score (nSPS) is 19.4. The van der Waals surface area contributed by atoms with Crippen molar-refractivity contribution in [1.82, 2.24) is 10.6 Å². The molecule has 300 valence electrons. The molecular weight excluding hydrogens is 816 g/mol. The summed E-state index contributed by atoms with van der Waals surface area (Å²) in [6.45, 7) is 4.80. The van der Waals surface area contributed by atoms with Crippen LogP contribution in [-0.4, -0.2) is 38.9 Å². The predicted molar refractivity (Wildman–Crippen MR) is 218 cm³/mol. The number of rotatable bonds is 2. The number of hydrogen-bond acceptors (Lipinski definition) is 4. The number of fused-ring (bicyclic) bond motifs is 3. The molecule has 2 N–H and O–H groups in total. The van der Waals surface area contributed by atoms with E-state index in [0.29, 0.717) is 12.1 Å². The summed E-state index contributed by atoms with van der Waals surface area (Å²) in [5.74, 6) is 0. The van der Waals surface area contributed by atoms with E-state index in [1.54, 1.807) is 33.4 Å². The summed E-state index contributed by atoms with van der Waals surface area (Å²) in [5.41, 5.74) is 3.01. The van der Waals surface area contributed by atoms with Crippen molar-refractivity contribution in [3.05, 3.63) is 120 Å². The SMILES string of the molecule is CC#N.CC#N.F[B-](F)(F)F.F[B-](F)(F)F.[Fe+4].c1ccc([PH+]2CCC[PH+](c3ccccc3)c3ccccc3CN[C@H]3CCCC[C@@H]3NCc3ccccc32)cc1. The third-order valence-corrected chi connectivity index (χ3v) is 14.7. The number of nitrogens with one attached hydrogen (secondary N) is 2. The van der Waals surface area contributed by atoms with E-state index >= 15 is 0 Å². The topological polar surface area (TPSA) is 71.6 Å². The van der Waals surface area contributed by atoms with Gasteiger partial charge in [0.25, 0.3) is 0 Å². The fourth-order valence-corrected chi connectivity index (χ4v) is 12.7. The third-order valence-electron chi connectivity index (χ3n) is 8.66. The number of halogens is 8. The van der Waals surface area contributed by atoms with Crippen molar-refractivity contribution in [1.29, 1.82) is 10.5 Å². The summed E-state index contributed by atoms with van der Waals surface area (Å²) in [5, 5.41) is 29.0. The van der Waals surface area contributed by atoms with Crippen LogP contribution in [0.1, 0.15) is 57.1 Å². The number of nitrogens with zero attached hydrogens (tertiary/aromatic N) is 2. The zero-order valence-electron chi connectivity index (χ0n) is 31.3. The maximum atomic E-state index is 9.75. The molecule has 0 radical (unpaired) electrons. The van der Waals surface area contributed by atoms with Crippen molar-refractivity contribution in [2.24, 2.45) is 0 Å². The molecule has 1 heterocycles. The Morgan fingerprint density at radius 1 is 0.518 bits per heavy atom. The van der Waals surface area contributed by atoms with Crippen molar-refractivity contribution < 1.29 is 51.6 Å². The van der Waals surface area contributed by atoms with Crippen LogP contribution in [0.3, 0.4) is 0 Å². The molecule has 56 heavy (non-hydrogen) atoms.